The number of amides is 3. The largest absolute Gasteiger partial charge is 0.444 e. The molecular formula is C35H46N6O5. The summed E-state index contributed by atoms with van der Waals surface area (Å²) in [6.07, 6.45) is 5.90. The standard InChI is InChI=1S/C35H46N6O5/c1-22(38-31(42)29-11-9-19-41(29)33(44)46-35(5,6)7)23-12-14-24(15-13-23)25-16-17-26(36-20-25)27-21-37-30(39-27)28-10-8-18-40(28)32(43)45-34(2,3)4/h12-17,20-22,28-29H,8-11,18-19H2,1-7H3,(H,37,39)(H,38,42). The molecule has 5 rings (SSSR count). The Labute approximate surface area is 271 Å². The summed E-state index contributed by atoms with van der Waals surface area (Å²) in [4.78, 5) is 54.4. The Morgan fingerprint density at radius 3 is 2.07 bits per heavy atom. The lowest BCUT2D eigenvalue weighted by Crippen LogP contribution is -2.48. The first-order chi connectivity index (χ1) is 21.7. The second kappa shape index (κ2) is 13.1. The van der Waals surface area contributed by atoms with Crippen LogP contribution in [0.4, 0.5) is 9.59 Å². The van der Waals surface area contributed by atoms with Gasteiger partial charge in [-0.15, -0.1) is 0 Å². The summed E-state index contributed by atoms with van der Waals surface area (Å²) >= 11 is 0. The Balaban J connectivity index is 1.19. The molecule has 2 saturated heterocycles. The molecule has 11 nitrogen and oxygen atoms in total. The van der Waals surface area contributed by atoms with Crippen molar-refractivity contribution in [3.63, 3.8) is 0 Å². The molecule has 0 saturated carbocycles. The van der Waals surface area contributed by atoms with E-state index < -0.39 is 23.3 Å². The molecule has 3 unspecified atom stereocenters. The number of pyridine rings is 1. The van der Waals surface area contributed by atoms with Gasteiger partial charge in [0.2, 0.25) is 5.91 Å². The fourth-order valence-corrected chi connectivity index (χ4v) is 5.89. The lowest BCUT2D eigenvalue weighted by Gasteiger charge is -2.28. The van der Waals surface area contributed by atoms with E-state index in [1.165, 1.54) is 4.90 Å². The van der Waals surface area contributed by atoms with Gasteiger partial charge in [-0.05, 0) is 91.3 Å². The van der Waals surface area contributed by atoms with Gasteiger partial charge >= 0.3 is 12.2 Å². The number of imidazole rings is 1. The molecule has 2 N–H and O–H groups in total. The van der Waals surface area contributed by atoms with Crippen molar-refractivity contribution in [3.8, 4) is 22.5 Å². The molecule has 3 amide bonds. The highest BCUT2D eigenvalue weighted by atomic mass is 16.6. The quantitative estimate of drug-likeness (QED) is 0.307. The first kappa shape index (κ1) is 33.0. The van der Waals surface area contributed by atoms with Gasteiger partial charge in [0.05, 0.1) is 29.7 Å². The number of rotatable bonds is 6. The van der Waals surface area contributed by atoms with E-state index in [4.69, 9.17) is 9.47 Å². The average Bonchev–Trinajstić information content (AvgIpc) is 3.76. The van der Waals surface area contributed by atoms with Crippen LogP contribution in [0.25, 0.3) is 22.5 Å². The first-order valence-corrected chi connectivity index (χ1v) is 16.1. The number of carbonyl (C=O) groups is 3. The lowest BCUT2D eigenvalue weighted by molar-refractivity contribution is -0.126. The van der Waals surface area contributed by atoms with E-state index in [-0.39, 0.29) is 24.1 Å². The Kier molecular flexibility index (Phi) is 9.42. The molecule has 2 aliphatic heterocycles. The van der Waals surface area contributed by atoms with Crippen molar-refractivity contribution < 1.29 is 23.9 Å². The van der Waals surface area contributed by atoms with Gasteiger partial charge in [-0.25, -0.2) is 14.6 Å². The zero-order valence-electron chi connectivity index (χ0n) is 27.9. The molecule has 1 aromatic carbocycles. The summed E-state index contributed by atoms with van der Waals surface area (Å²) in [6, 6.07) is 11.0. The SMILES string of the molecule is CC(NC(=O)C1CCCN1C(=O)OC(C)(C)C)c1ccc(-c2ccc(-c3cnc(C4CCCN4C(=O)OC(C)(C)C)[nH]3)nc2)cc1. The zero-order valence-corrected chi connectivity index (χ0v) is 27.9. The van der Waals surface area contributed by atoms with Gasteiger partial charge in [-0.3, -0.25) is 19.6 Å². The van der Waals surface area contributed by atoms with Crippen LogP contribution in [0.2, 0.25) is 0 Å². The van der Waals surface area contributed by atoms with Crippen LogP contribution >= 0.6 is 0 Å². The predicted octanol–water partition coefficient (Wildman–Crippen LogP) is 6.79. The number of hydrogen-bond donors (Lipinski definition) is 2. The van der Waals surface area contributed by atoms with Gasteiger partial charge in [0.15, 0.2) is 0 Å². The lowest BCUT2D eigenvalue weighted by atomic mass is 10.0. The molecule has 246 valence electrons. The molecule has 2 aromatic heterocycles. The van der Waals surface area contributed by atoms with E-state index in [2.05, 4.69) is 20.3 Å². The molecule has 0 bridgehead atoms. The van der Waals surface area contributed by atoms with E-state index >= 15 is 0 Å². The first-order valence-electron chi connectivity index (χ1n) is 16.1. The number of nitrogens with zero attached hydrogens (tertiary/aromatic N) is 4. The summed E-state index contributed by atoms with van der Waals surface area (Å²) in [5.41, 5.74) is 3.28. The number of H-pyrrole nitrogens is 1. The van der Waals surface area contributed by atoms with Gasteiger partial charge in [0, 0.05) is 24.8 Å². The molecule has 2 aliphatic rings. The molecule has 0 spiro atoms. The van der Waals surface area contributed by atoms with Crippen LogP contribution in [-0.4, -0.2) is 73.2 Å². The topological polar surface area (TPSA) is 130 Å². The second-order valence-electron chi connectivity index (χ2n) is 14.1. The highest BCUT2D eigenvalue weighted by molar-refractivity contribution is 5.86. The van der Waals surface area contributed by atoms with Crippen molar-refractivity contribution in [2.24, 2.45) is 0 Å². The summed E-state index contributed by atoms with van der Waals surface area (Å²) < 4.78 is 11.1. The van der Waals surface area contributed by atoms with E-state index in [1.807, 2.05) is 91.1 Å². The van der Waals surface area contributed by atoms with Crippen LogP contribution in [-0.2, 0) is 14.3 Å². The molecular weight excluding hydrogens is 584 g/mol. The fourth-order valence-electron chi connectivity index (χ4n) is 5.89. The number of nitrogens with one attached hydrogen (secondary N) is 2. The monoisotopic (exact) mass is 630 g/mol. The minimum absolute atomic E-state index is 0.157. The fraction of sp³-hybridized carbons (Fsp3) is 0.514. The van der Waals surface area contributed by atoms with Crippen molar-refractivity contribution in [1.82, 2.24) is 30.1 Å². The van der Waals surface area contributed by atoms with Crippen LogP contribution in [0.5, 0.6) is 0 Å². The van der Waals surface area contributed by atoms with Crippen molar-refractivity contribution in [1.29, 1.82) is 0 Å². The summed E-state index contributed by atoms with van der Waals surface area (Å²) in [5, 5.41) is 3.07. The molecule has 11 heteroatoms. The van der Waals surface area contributed by atoms with Crippen LogP contribution in [0.1, 0.15) is 97.6 Å². The molecule has 0 aliphatic carbocycles. The molecule has 46 heavy (non-hydrogen) atoms. The van der Waals surface area contributed by atoms with Crippen molar-refractivity contribution in [2.45, 2.75) is 103 Å². The van der Waals surface area contributed by atoms with Crippen molar-refractivity contribution >= 4 is 18.1 Å². The Hall–Kier alpha value is -4.41. The number of aromatic amines is 1. The minimum atomic E-state index is -0.615. The number of carbonyl (C=O) groups excluding carboxylic acids is 3. The van der Waals surface area contributed by atoms with E-state index in [9.17, 15) is 14.4 Å². The van der Waals surface area contributed by atoms with Gasteiger partial charge in [0.1, 0.15) is 23.1 Å². The van der Waals surface area contributed by atoms with Gasteiger partial charge < -0.3 is 19.8 Å². The van der Waals surface area contributed by atoms with Crippen LogP contribution in [0.3, 0.4) is 0 Å². The van der Waals surface area contributed by atoms with Gasteiger partial charge in [-0.2, -0.15) is 0 Å². The van der Waals surface area contributed by atoms with Crippen LogP contribution < -0.4 is 5.32 Å². The highest BCUT2D eigenvalue weighted by Gasteiger charge is 2.37. The van der Waals surface area contributed by atoms with Gasteiger partial charge in [0.25, 0.3) is 0 Å². The summed E-state index contributed by atoms with van der Waals surface area (Å²) in [5.74, 6) is 0.554. The van der Waals surface area contributed by atoms with Crippen LogP contribution in [0, 0.1) is 0 Å². The maximum absolute atomic E-state index is 13.1. The average molecular weight is 631 g/mol. The van der Waals surface area contributed by atoms with Crippen molar-refractivity contribution in [2.75, 3.05) is 13.1 Å². The molecule has 0 radical (unpaired) electrons. The molecule has 3 aromatic rings. The van der Waals surface area contributed by atoms with E-state index in [0.717, 1.165) is 53.2 Å². The molecule has 2 fully saturated rings. The number of hydrogen-bond acceptors (Lipinski definition) is 7. The van der Waals surface area contributed by atoms with E-state index in [1.54, 1.807) is 11.1 Å². The number of likely N-dealkylation sites (tertiary alicyclic amines) is 2. The molecule has 3 atom stereocenters. The number of aromatic nitrogens is 3. The number of ether oxygens (including phenoxy) is 2. The smallest absolute Gasteiger partial charge is 0.410 e. The van der Waals surface area contributed by atoms with E-state index in [0.29, 0.717) is 19.5 Å². The third-order valence-corrected chi connectivity index (χ3v) is 8.12. The Bertz CT molecular complexity index is 1540. The maximum Gasteiger partial charge on any atom is 0.410 e. The Morgan fingerprint density at radius 1 is 0.826 bits per heavy atom. The third-order valence-electron chi connectivity index (χ3n) is 8.12. The summed E-state index contributed by atoms with van der Waals surface area (Å²) in [7, 11) is 0. The number of benzene rings is 1. The highest BCUT2D eigenvalue weighted by Crippen LogP contribution is 2.33. The van der Waals surface area contributed by atoms with Gasteiger partial charge in [-0.1, -0.05) is 30.3 Å². The Morgan fingerprint density at radius 2 is 1.43 bits per heavy atom. The van der Waals surface area contributed by atoms with Crippen LogP contribution in [0.15, 0.2) is 48.8 Å². The third kappa shape index (κ3) is 7.86. The zero-order chi connectivity index (χ0) is 33.2. The normalized spacial score (nSPS) is 19.2. The minimum Gasteiger partial charge on any atom is -0.444 e. The summed E-state index contributed by atoms with van der Waals surface area (Å²) in [6.45, 7) is 14.2. The maximum atomic E-state index is 13.1. The van der Waals surface area contributed by atoms with Crippen molar-refractivity contribution in [3.05, 3.63) is 60.2 Å². The molecule has 4 heterocycles. The second-order valence-corrected chi connectivity index (χ2v) is 14.1. The predicted molar refractivity (Wildman–Crippen MR) is 175 cm³/mol.